The van der Waals surface area contributed by atoms with E-state index in [0.29, 0.717) is 5.33 Å². The predicted molar refractivity (Wildman–Crippen MR) is 52.9 cm³/mol. The van der Waals surface area contributed by atoms with Crippen molar-refractivity contribution in [3.8, 4) is 0 Å². The number of aliphatic hydroxyl groups is 1. The summed E-state index contributed by atoms with van der Waals surface area (Å²) in [6.45, 7) is 0. The van der Waals surface area contributed by atoms with E-state index in [1.54, 1.807) is 0 Å². The molecule has 0 spiro atoms. The predicted octanol–water partition coefficient (Wildman–Crippen LogP) is 2.88. The zero-order valence-electron chi connectivity index (χ0n) is 5.80. The molecule has 1 nitrogen and oxygen atoms in total. The number of rotatable bonds is 2. The molecule has 0 heterocycles. The van der Waals surface area contributed by atoms with Crippen LogP contribution in [-0.4, -0.2) is 10.4 Å². The molecule has 3 heteroatoms. The Morgan fingerprint density at radius 3 is 2.27 bits per heavy atom. The summed E-state index contributed by atoms with van der Waals surface area (Å²) in [5.74, 6) is 0. The number of hydrogen-bond acceptors (Lipinski definition) is 1. The van der Waals surface area contributed by atoms with E-state index in [0.717, 1.165) is 10.0 Å². The van der Waals surface area contributed by atoms with Crippen molar-refractivity contribution in [3.05, 3.63) is 34.3 Å². The summed E-state index contributed by atoms with van der Waals surface area (Å²) >= 11 is 6.53. The second kappa shape index (κ2) is 4.24. The third-order valence-electron chi connectivity index (χ3n) is 1.40. The molecule has 0 unspecified atom stereocenters. The molecule has 0 bridgehead atoms. The lowest BCUT2D eigenvalue weighted by molar-refractivity contribution is 0.205. The number of hydrogen-bond donors (Lipinski definition) is 1. The number of benzene rings is 1. The van der Waals surface area contributed by atoms with Crippen LogP contribution in [0.2, 0.25) is 0 Å². The highest BCUT2D eigenvalue weighted by Gasteiger charge is 2.03. The van der Waals surface area contributed by atoms with Crippen molar-refractivity contribution in [1.29, 1.82) is 0 Å². The van der Waals surface area contributed by atoms with E-state index in [-0.39, 0.29) is 0 Å². The van der Waals surface area contributed by atoms with Gasteiger partial charge in [0.05, 0.1) is 6.10 Å². The Balaban J connectivity index is 2.81. The van der Waals surface area contributed by atoms with Crippen molar-refractivity contribution in [2.45, 2.75) is 6.10 Å². The number of aliphatic hydroxyl groups excluding tert-OH is 1. The average Bonchev–Trinajstić information content (AvgIpc) is 2.05. The molecule has 60 valence electrons. The Kier molecular flexibility index (Phi) is 3.55. The van der Waals surface area contributed by atoms with Crippen LogP contribution >= 0.6 is 31.9 Å². The Morgan fingerprint density at radius 2 is 1.82 bits per heavy atom. The Bertz CT molecular complexity index is 220. The van der Waals surface area contributed by atoms with Gasteiger partial charge in [0.1, 0.15) is 0 Å². The fraction of sp³-hybridized carbons (Fsp3) is 0.250. The number of halogens is 2. The van der Waals surface area contributed by atoms with Crippen molar-refractivity contribution < 1.29 is 5.11 Å². The molecule has 0 aliphatic rings. The van der Waals surface area contributed by atoms with E-state index in [4.69, 9.17) is 0 Å². The Hall–Kier alpha value is 0.140. The second-order valence-corrected chi connectivity index (χ2v) is 3.78. The molecule has 1 aromatic rings. The van der Waals surface area contributed by atoms with Crippen LogP contribution in [0.4, 0.5) is 0 Å². The van der Waals surface area contributed by atoms with Crippen LogP contribution in [0.15, 0.2) is 28.7 Å². The van der Waals surface area contributed by atoms with Crippen molar-refractivity contribution in [3.63, 3.8) is 0 Å². The molecule has 1 atom stereocenters. The molecule has 1 N–H and O–H groups in total. The standard InChI is InChI=1S/C8H8Br2O/c9-5-8(11)6-1-3-7(10)4-2-6/h1-4,8,11H,5H2/t8-/m0/s1. The minimum atomic E-state index is -0.400. The first-order valence-electron chi connectivity index (χ1n) is 3.23. The zero-order valence-corrected chi connectivity index (χ0v) is 8.97. The van der Waals surface area contributed by atoms with Gasteiger partial charge >= 0.3 is 0 Å². The van der Waals surface area contributed by atoms with E-state index in [9.17, 15) is 5.11 Å². The summed E-state index contributed by atoms with van der Waals surface area (Å²) < 4.78 is 1.03. The van der Waals surface area contributed by atoms with E-state index >= 15 is 0 Å². The van der Waals surface area contributed by atoms with Gasteiger partial charge in [0.25, 0.3) is 0 Å². The van der Waals surface area contributed by atoms with Gasteiger partial charge in [0, 0.05) is 9.80 Å². The third-order valence-corrected chi connectivity index (χ3v) is 2.54. The molecule has 0 radical (unpaired) electrons. The van der Waals surface area contributed by atoms with Gasteiger partial charge in [-0.2, -0.15) is 0 Å². The fourth-order valence-corrected chi connectivity index (χ4v) is 1.41. The third kappa shape index (κ3) is 2.58. The Morgan fingerprint density at radius 1 is 1.27 bits per heavy atom. The maximum Gasteiger partial charge on any atom is 0.0886 e. The smallest absolute Gasteiger partial charge is 0.0886 e. The average molecular weight is 280 g/mol. The molecule has 0 saturated carbocycles. The van der Waals surface area contributed by atoms with Crippen LogP contribution < -0.4 is 0 Å². The summed E-state index contributed by atoms with van der Waals surface area (Å²) in [6, 6.07) is 7.63. The maximum atomic E-state index is 9.36. The maximum absolute atomic E-state index is 9.36. The van der Waals surface area contributed by atoms with Crippen LogP contribution in [0.5, 0.6) is 0 Å². The van der Waals surface area contributed by atoms with Gasteiger partial charge in [0.2, 0.25) is 0 Å². The molecule has 0 fully saturated rings. The molecule has 0 saturated heterocycles. The van der Waals surface area contributed by atoms with Crippen molar-refractivity contribution in [1.82, 2.24) is 0 Å². The summed E-state index contributed by atoms with van der Waals surface area (Å²) in [5.41, 5.74) is 0.935. The van der Waals surface area contributed by atoms with Crippen LogP contribution in [0, 0.1) is 0 Å². The highest BCUT2D eigenvalue weighted by molar-refractivity contribution is 9.10. The van der Waals surface area contributed by atoms with Crippen LogP contribution in [0.1, 0.15) is 11.7 Å². The first-order chi connectivity index (χ1) is 5.24. The van der Waals surface area contributed by atoms with E-state index in [1.165, 1.54) is 0 Å². The highest BCUT2D eigenvalue weighted by atomic mass is 79.9. The van der Waals surface area contributed by atoms with Crippen LogP contribution in [0.3, 0.4) is 0 Å². The molecule has 1 aromatic carbocycles. The summed E-state index contributed by atoms with van der Waals surface area (Å²) in [5, 5.41) is 9.94. The van der Waals surface area contributed by atoms with Gasteiger partial charge < -0.3 is 5.11 Å². The minimum Gasteiger partial charge on any atom is -0.388 e. The molecule has 0 aliphatic heterocycles. The second-order valence-electron chi connectivity index (χ2n) is 2.22. The van der Waals surface area contributed by atoms with Gasteiger partial charge in [-0.1, -0.05) is 44.0 Å². The zero-order chi connectivity index (χ0) is 8.27. The Labute approximate surface area is 82.7 Å². The van der Waals surface area contributed by atoms with Gasteiger partial charge in [-0.05, 0) is 17.7 Å². The first kappa shape index (κ1) is 9.23. The van der Waals surface area contributed by atoms with Gasteiger partial charge in [-0.3, -0.25) is 0 Å². The summed E-state index contributed by atoms with van der Waals surface area (Å²) in [7, 11) is 0. The van der Waals surface area contributed by atoms with Crippen molar-refractivity contribution >= 4 is 31.9 Å². The van der Waals surface area contributed by atoms with Gasteiger partial charge in [-0.25, -0.2) is 0 Å². The minimum absolute atomic E-state index is 0.400. The van der Waals surface area contributed by atoms with E-state index in [1.807, 2.05) is 24.3 Å². The molecule has 0 amide bonds. The molecular weight excluding hydrogens is 272 g/mol. The highest BCUT2D eigenvalue weighted by Crippen LogP contribution is 2.17. The largest absolute Gasteiger partial charge is 0.388 e. The lowest BCUT2D eigenvalue weighted by Crippen LogP contribution is -1.96. The summed E-state index contributed by atoms with van der Waals surface area (Å²) in [6.07, 6.45) is -0.400. The van der Waals surface area contributed by atoms with E-state index < -0.39 is 6.10 Å². The lowest BCUT2D eigenvalue weighted by atomic mass is 10.1. The van der Waals surface area contributed by atoms with Crippen molar-refractivity contribution in [2.75, 3.05) is 5.33 Å². The quantitative estimate of drug-likeness (QED) is 0.826. The van der Waals surface area contributed by atoms with E-state index in [2.05, 4.69) is 31.9 Å². The fourth-order valence-electron chi connectivity index (χ4n) is 0.774. The van der Waals surface area contributed by atoms with Gasteiger partial charge in [0.15, 0.2) is 0 Å². The SMILES string of the molecule is O[C@@H](CBr)c1ccc(Br)cc1. The van der Waals surface area contributed by atoms with Crippen molar-refractivity contribution in [2.24, 2.45) is 0 Å². The summed E-state index contributed by atoms with van der Waals surface area (Å²) in [4.78, 5) is 0. The first-order valence-corrected chi connectivity index (χ1v) is 5.15. The van der Waals surface area contributed by atoms with Gasteiger partial charge in [-0.15, -0.1) is 0 Å². The molecule has 0 aliphatic carbocycles. The van der Waals surface area contributed by atoms with Crippen LogP contribution in [0.25, 0.3) is 0 Å². The topological polar surface area (TPSA) is 20.2 Å². The molecule has 1 rings (SSSR count). The molecular formula is C8H8Br2O. The van der Waals surface area contributed by atoms with Crippen LogP contribution in [-0.2, 0) is 0 Å². The normalized spacial score (nSPS) is 13.0. The lowest BCUT2D eigenvalue weighted by Gasteiger charge is -2.05. The number of alkyl halides is 1. The monoisotopic (exact) mass is 278 g/mol. The molecule has 11 heavy (non-hydrogen) atoms. The molecule has 0 aromatic heterocycles.